The average Bonchev–Trinajstić information content (AvgIpc) is 2.60. The van der Waals surface area contributed by atoms with E-state index in [1.54, 1.807) is 12.1 Å². The molecular formula is C18H27FIN3O3. The van der Waals surface area contributed by atoms with Crippen molar-refractivity contribution in [1.82, 2.24) is 10.2 Å². The molecular weight excluding hydrogens is 452 g/mol. The second kappa shape index (κ2) is 11.3. The number of morpholine rings is 1. The summed E-state index contributed by atoms with van der Waals surface area (Å²) in [6.07, 6.45) is 0.0919. The number of nitrogens with zero attached hydrogens (tertiary/aromatic N) is 2. The van der Waals surface area contributed by atoms with E-state index in [1.807, 2.05) is 13.8 Å². The van der Waals surface area contributed by atoms with Crippen molar-refractivity contribution in [2.75, 3.05) is 33.3 Å². The summed E-state index contributed by atoms with van der Waals surface area (Å²) in [5.74, 6) is 0.204. The fraction of sp³-hybridized carbons (Fsp3) is 0.556. The summed E-state index contributed by atoms with van der Waals surface area (Å²) in [7, 11) is 1.37. The molecule has 1 heterocycles. The Kier molecular flexibility index (Phi) is 9.85. The first-order valence-corrected chi connectivity index (χ1v) is 8.54. The number of carbonyl (C=O) groups excluding carboxylic acids is 1. The van der Waals surface area contributed by atoms with Gasteiger partial charge in [0.15, 0.2) is 5.96 Å². The number of esters is 1. The number of hydrogen-bond donors (Lipinski definition) is 1. The van der Waals surface area contributed by atoms with Gasteiger partial charge in [0.05, 0.1) is 32.7 Å². The molecule has 1 aromatic carbocycles. The van der Waals surface area contributed by atoms with E-state index in [0.717, 1.165) is 18.1 Å². The van der Waals surface area contributed by atoms with E-state index in [2.05, 4.69) is 19.9 Å². The summed E-state index contributed by atoms with van der Waals surface area (Å²) in [4.78, 5) is 17.9. The fourth-order valence-electron chi connectivity index (χ4n) is 2.77. The van der Waals surface area contributed by atoms with Crippen molar-refractivity contribution < 1.29 is 18.7 Å². The van der Waals surface area contributed by atoms with E-state index in [9.17, 15) is 9.18 Å². The van der Waals surface area contributed by atoms with Crippen LogP contribution in [0.25, 0.3) is 0 Å². The first kappa shape index (κ1) is 22.6. The summed E-state index contributed by atoms with van der Waals surface area (Å²) >= 11 is 0. The Hall–Kier alpha value is -1.42. The Morgan fingerprint density at radius 1 is 1.38 bits per heavy atom. The Balaban J connectivity index is 0.00000338. The topological polar surface area (TPSA) is 63.2 Å². The van der Waals surface area contributed by atoms with Gasteiger partial charge in [0.2, 0.25) is 0 Å². The van der Waals surface area contributed by atoms with Crippen molar-refractivity contribution in [3.63, 3.8) is 0 Å². The van der Waals surface area contributed by atoms with E-state index in [0.29, 0.717) is 19.6 Å². The zero-order chi connectivity index (χ0) is 18.2. The van der Waals surface area contributed by atoms with Crippen LogP contribution >= 0.6 is 24.0 Å². The third kappa shape index (κ3) is 6.71. The van der Waals surface area contributed by atoms with Gasteiger partial charge in [-0.15, -0.1) is 24.0 Å². The SMILES string of the molecule is CCNC(=NCCC(=O)OC)N1CC(C)OC(c2ccc(F)cc2)C1.I. The number of nitrogens with one attached hydrogen (secondary N) is 1. The zero-order valence-electron chi connectivity index (χ0n) is 15.4. The van der Waals surface area contributed by atoms with Gasteiger partial charge in [0.1, 0.15) is 11.9 Å². The van der Waals surface area contributed by atoms with Gasteiger partial charge >= 0.3 is 5.97 Å². The zero-order valence-corrected chi connectivity index (χ0v) is 17.7. The van der Waals surface area contributed by atoms with Crippen molar-refractivity contribution in [3.8, 4) is 0 Å². The lowest BCUT2D eigenvalue weighted by molar-refractivity contribution is -0.140. The maximum absolute atomic E-state index is 13.2. The number of ether oxygens (including phenoxy) is 2. The molecule has 1 N–H and O–H groups in total. The molecule has 26 heavy (non-hydrogen) atoms. The van der Waals surface area contributed by atoms with E-state index in [-0.39, 0.29) is 54.4 Å². The third-order valence-electron chi connectivity index (χ3n) is 3.94. The van der Waals surface area contributed by atoms with Crippen LogP contribution in [0.15, 0.2) is 29.3 Å². The van der Waals surface area contributed by atoms with Gasteiger partial charge in [0, 0.05) is 13.1 Å². The molecule has 0 radical (unpaired) electrons. The van der Waals surface area contributed by atoms with Crippen LogP contribution in [0.2, 0.25) is 0 Å². The molecule has 1 fully saturated rings. The summed E-state index contributed by atoms with van der Waals surface area (Å²) in [5, 5.41) is 3.25. The quantitative estimate of drug-likeness (QED) is 0.305. The first-order valence-electron chi connectivity index (χ1n) is 8.54. The summed E-state index contributed by atoms with van der Waals surface area (Å²) < 4.78 is 23.8. The maximum atomic E-state index is 13.2. The molecule has 2 unspecified atom stereocenters. The van der Waals surface area contributed by atoms with Gasteiger partial charge < -0.3 is 19.7 Å². The number of benzene rings is 1. The lowest BCUT2D eigenvalue weighted by Gasteiger charge is -2.38. The molecule has 1 saturated heterocycles. The first-order chi connectivity index (χ1) is 12.0. The standard InChI is InChI=1S/C18H26FN3O3.HI/c1-4-20-18(21-10-9-17(23)24-3)22-11-13(2)25-16(12-22)14-5-7-15(19)8-6-14;/h5-8,13,16H,4,9-12H2,1-3H3,(H,20,21);1H. The van der Waals surface area contributed by atoms with Gasteiger partial charge in [-0.2, -0.15) is 0 Å². The van der Waals surface area contributed by atoms with Crippen LogP contribution in [0, 0.1) is 5.82 Å². The molecule has 2 rings (SSSR count). The summed E-state index contributed by atoms with van der Waals surface area (Å²) in [6, 6.07) is 6.38. The highest BCUT2D eigenvalue weighted by atomic mass is 127. The molecule has 0 saturated carbocycles. The molecule has 6 nitrogen and oxygen atoms in total. The normalized spacial score (nSPS) is 20.3. The minimum Gasteiger partial charge on any atom is -0.469 e. The van der Waals surface area contributed by atoms with Crippen molar-refractivity contribution in [3.05, 3.63) is 35.6 Å². The van der Waals surface area contributed by atoms with Crippen LogP contribution in [0.3, 0.4) is 0 Å². The largest absolute Gasteiger partial charge is 0.469 e. The van der Waals surface area contributed by atoms with Crippen LogP contribution in [-0.2, 0) is 14.3 Å². The van der Waals surface area contributed by atoms with Gasteiger partial charge in [-0.3, -0.25) is 9.79 Å². The average molecular weight is 479 g/mol. The Bertz CT molecular complexity index is 598. The summed E-state index contributed by atoms with van der Waals surface area (Å²) in [5.41, 5.74) is 0.934. The van der Waals surface area contributed by atoms with E-state index >= 15 is 0 Å². The van der Waals surface area contributed by atoms with Gasteiger partial charge in [-0.1, -0.05) is 12.1 Å². The van der Waals surface area contributed by atoms with Crippen LogP contribution in [0.1, 0.15) is 31.9 Å². The van der Waals surface area contributed by atoms with Crippen LogP contribution < -0.4 is 5.32 Å². The Morgan fingerprint density at radius 3 is 2.69 bits per heavy atom. The lowest BCUT2D eigenvalue weighted by Crippen LogP contribution is -2.50. The Labute approximate surface area is 171 Å². The van der Waals surface area contributed by atoms with Gasteiger partial charge in [0.25, 0.3) is 0 Å². The van der Waals surface area contributed by atoms with Crippen LogP contribution in [0.4, 0.5) is 4.39 Å². The number of guanidine groups is 1. The van der Waals surface area contributed by atoms with Crippen molar-refractivity contribution in [1.29, 1.82) is 0 Å². The highest BCUT2D eigenvalue weighted by molar-refractivity contribution is 14.0. The number of halogens is 2. The molecule has 1 aromatic rings. The highest BCUT2D eigenvalue weighted by Gasteiger charge is 2.28. The van der Waals surface area contributed by atoms with E-state index < -0.39 is 0 Å². The Morgan fingerprint density at radius 2 is 2.08 bits per heavy atom. The second-order valence-corrected chi connectivity index (χ2v) is 5.95. The van der Waals surface area contributed by atoms with Crippen molar-refractivity contribution >= 4 is 35.9 Å². The van der Waals surface area contributed by atoms with Crippen molar-refractivity contribution in [2.24, 2.45) is 4.99 Å². The smallest absolute Gasteiger partial charge is 0.307 e. The molecule has 0 aliphatic carbocycles. The minimum atomic E-state index is -0.279. The van der Waals surface area contributed by atoms with Crippen molar-refractivity contribution in [2.45, 2.75) is 32.5 Å². The molecule has 0 bridgehead atoms. The highest BCUT2D eigenvalue weighted by Crippen LogP contribution is 2.25. The van der Waals surface area contributed by atoms with Gasteiger partial charge in [-0.05, 0) is 31.5 Å². The third-order valence-corrected chi connectivity index (χ3v) is 3.94. The molecule has 0 aromatic heterocycles. The number of aliphatic imine (C=N–C) groups is 1. The van der Waals surface area contributed by atoms with E-state index in [1.165, 1.54) is 19.2 Å². The number of rotatable bonds is 5. The number of carbonyl (C=O) groups is 1. The molecule has 0 spiro atoms. The monoisotopic (exact) mass is 479 g/mol. The molecule has 1 aliphatic heterocycles. The predicted octanol–water partition coefficient (Wildman–Crippen LogP) is 2.73. The summed E-state index contributed by atoms with van der Waals surface area (Å²) in [6.45, 7) is 6.39. The molecule has 8 heteroatoms. The van der Waals surface area contributed by atoms with Gasteiger partial charge in [-0.25, -0.2) is 4.39 Å². The molecule has 2 atom stereocenters. The van der Waals surface area contributed by atoms with E-state index in [4.69, 9.17) is 4.74 Å². The predicted molar refractivity (Wildman–Crippen MR) is 109 cm³/mol. The molecule has 146 valence electrons. The number of hydrogen-bond acceptors (Lipinski definition) is 4. The number of methoxy groups -OCH3 is 1. The molecule has 1 aliphatic rings. The minimum absolute atomic E-state index is 0. The van der Waals surface area contributed by atoms with Crippen LogP contribution in [-0.4, -0.2) is 56.2 Å². The fourth-order valence-corrected chi connectivity index (χ4v) is 2.77. The molecule has 0 amide bonds. The lowest BCUT2D eigenvalue weighted by atomic mass is 10.1. The second-order valence-electron chi connectivity index (χ2n) is 5.95. The van der Waals surface area contributed by atoms with Crippen LogP contribution in [0.5, 0.6) is 0 Å². The maximum Gasteiger partial charge on any atom is 0.307 e.